The van der Waals surface area contributed by atoms with Gasteiger partial charge in [-0.25, -0.2) is 9.97 Å². The number of aromatic nitrogens is 2. The molecule has 3 rings (SSSR count). The van der Waals surface area contributed by atoms with Gasteiger partial charge in [-0.1, -0.05) is 6.42 Å². The molecule has 1 N–H and O–H groups in total. The van der Waals surface area contributed by atoms with Crippen molar-refractivity contribution in [2.75, 3.05) is 18.5 Å². The Morgan fingerprint density at radius 1 is 1.26 bits per heavy atom. The first-order valence-corrected chi connectivity index (χ1v) is 7.51. The van der Waals surface area contributed by atoms with Crippen LogP contribution < -0.4 is 5.32 Å². The Labute approximate surface area is 115 Å². The largest absolute Gasteiger partial charge is 0.381 e. The van der Waals surface area contributed by atoms with E-state index in [2.05, 4.69) is 22.2 Å². The summed E-state index contributed by atoms with van der Waals surface area (Å²) in [6, 6.07) is 0.421. The van der Waals surface area contributed by atoms with Gasteiger partial charge < -0.3 is 10.1 Å². The number of nitrogens with zero attached hydrogens (tertiary/aromatic N) is 2. The molecule has 2 aliphatic rings. The van der Waals surface area contributed by atoms with Gasteiger partial charge in [-0.2, -0.15) is 0 Å². The first-order valence-electron chi connectivity index (χ1n) is 7.51. The number of hydrogen-bond acceptors (Lipinski definition) is 4. The van der Waals surface area contributed by atoms with E-state index in [1.165, 1.54) is 30.5 Å². The molecule has 0 bridgehead atoms. The summed E-state index contributed by atoms with van der Waals surface area (Å²) in [4.78, 5) is 8.95. The minimum Gasteiger partial charge on any atom is -0.381 e. The van der Waals surface area contributed by atoms with Gasteiger partial charge in [0.15, 0.2) is 0 Å². The van der Waals surface area contributed by atoms with E-state index in [9.17, 15) is 0 Å². The second-order valence-electron chi connectivity index (χ2n) is 5.76. The summed E-state index contributed by atoms with van der Waals surface area (Å²) in [5.41, 5.74) is 2.61. The van der Waals surface area contributed by atoms with E-state index in [0.29, 0.717) is 12.0 Å². The number of rotatable bonds is 3. The van der Waals surface area contributed by atoms with Crippen molar-refractivity contribution in [1.82, 2.24) is 9.97 Å². The summed E-state index contributed by atoms with van der Waals surface area (Å²) >= 11 is 0. The Balaban J connectivity index is 1.76. The molecule has 0 amide bonds. The summed E-state index contributed by atoms with van der Waals surface area (Å²) < 4.78 is 5.48. The molecule has 1 fully saturated rings. The zero-order chi connectivity index (χ0) is 13.1. The van der Waals surface area contributed by atoms with Crippen LogP contribution in [0.25, 0.3) is 0 Å². The van der Waals surface area contributed by atoms with E-state index < -0.39 is 0 Å². The normalized spacial score (nSPS) is 24.6. The van der Waals surface area contributed by atoms with Crippen molar-refractivity contribution in [3.8, 4) is 0 Å². The molecule has 2 heterocycles. The van der Waals surface area contributed by atoms with E-state index in [1.54, 1.807) is 6.33 Å². The lowest BCUT2D eigenvalue weighted by Crippen LogP contribution is -2.27. The Hall–Kier alpha value is -1.16. The third kappa shape index (κ3) is 2.89. The molecule has 1 aliphatic heterocycles. The van der Waals surface area contributed by atoms with Crippen molar-refractivity contribution in [2.24, 2.45) is 5.92 Å². The van der Waals surface area contributed by atoms with Gasteiger partial charge in [0, 0.05) is 29.8 Å². The maximum Gasteiger partial charge on any atom is 0.133 e. The number of anilines is 1. The predicted octanol–water partition coefficient (Wildman–Crippen LogP) is 2.58. The summed E-state index contributed by atoms with van der Waals surface area (Å²) in [5.74, 6) is 1.67. The van der Waals surface area contributed by atoms with Gasteiger partial charge in [-0.3, -0.25) is 0 Å². The molecule has 104 valence electrons. The van der Waals surface area contributed by atoms with Crippen molar-refractivity contribution in [3.05, 3.63) is 17.6 Å². The lowest BCUT2D eigenvalue weighted by Gasteiger charge is -2.22. The van der Waals surface area contributed by atoms with Crippen LogP contribution in [0.15, 0.2) is 6.33 Å². The number of ether oxygens (including phenoxy) is 1. The van der Waals surface area contributed by atoms with Gasteiger partial charge in [-0.15, -0.1) is 0 Å². The highest BCUT2D eigenvalue weighted by atomic mass is 16.5. The van der Waals surface area contributed by atoms with E-state index in [-0.39, 0.29) is 0 Å². The molecule has 0 spiro atoms. The van der Waals surface area contributed by atoms with E-state index in [1.807, 2.05) is 0 Å². The van der Waals surface area contributed by atoms with Crippen molar-refractivity contribution in [2.45, 2.75) is 51.5 Å². The third-order valence-corrected chi connectivity index (χ3v) is 4.41. The number of nitrogens with one attached hydrogen (secondary N) is 1. The van der Waals surface area contributed by atoms with Crippen molar-refractivity contribution < 1.29 is 4.74 Å². The van der Waals surface area contributed by atoms with Crippen LogP contribution in [0.1, 0.15) is 43.9 Å². The topological polar surface area (TPSA) is 47.0 Å². The Morgan fingerprint density at radius 2 is 2.16 bits per heavy atom. The molecule has 0 radical (unpaired) electrons. The van der Waals surface area contributed by atoms with Gasteiger partial charge in [-0.05, 0) is 39.0 Å². The van der Waals surface area contributed by atoms with Crippen LogP contribution in [0, 0.1) is 5.92 Å². The summed E-state index contributed by atoms with van der Waals surface area (Å²) in [6.07, 6.45) is 8.92. The van der Waals surface area contributed by atoms with Crippen LogP contribution in [0.4, 0.5) is 5.82 Å². The monoisotopic (exact) mass is 261 g/mol. The summed E-state index contributed by atoms with van der Waals surface area (Å²) in [5, 5.41) is 3.61. The fourth-order valence-electron chi connectivity index (χ4n) is 3.10. The zero-order valence-corrected chi connectivity index (χ0v) is 11.7. The molecule has 1 aromatic heterocycles. The van der Waals surface area contributed by atoms with Gasteiger partial charge in [0.25, 0.3) is 0 Å². The SMILES string of the molecule is CC(Nc1ncnc2c1CCCCC2)C1CCOC1. The Morgan fingerprint density at radius 3 is 3.00 bits per heavy atom. The Kier molecular flexibility index (Phi) is 3.97. The van der Waals surface area contributed by atoms with Crippen LogP contribution in [-0.4, -0.2) is 29.2 Å². The molecular weight excluding hydrogens is 238 g/mol. The summed E-state index contributed by atoms with van der Waals surface area (Å²) in [6.45, 7) is 4.02. The van der Waals surface area contributed by atoms with Gasteiger partial charge in [0.2, 0.25) is 0 Å². The van der Waals surface area contributed by atoms with E-state index >= 15 is 0 Å². The molecule has 0 saturated carbocycles. The third-order valence-electron chi connectivity index (χ3n) is 4.41. The number of hydrogen-bond donors (Lipinski definition) is 1. The second kappa shape index (κ2) is 5.87. The summed E-state index contributed by atoms with van der Waals surface area (Å²) in [7, 11) is 0. The number of aryl methyl sites for hydroxylation is 1. The number of fused-ring (bicyclic) bond motifs is 1. The second-order valence-corrected chi connectivity index (χ2v) is 5.76. The average molecular weight is 261 g/mol. The molecule has 1 aliphatic carbocycles. The van der Waals surface area contributed by atoms with Gasteiger partial charge >= 0.3 is 0 Å². The molecule has 1 saturated heterocycles. The van der Waals surface area contributed by atoms with E-state index in [4.69, 9.17) is 4.74 Å². The zero-order valence-electron chi connectivity index (χ0n) is 11.7. The molecule has 1 aromatic rings. The van der Waals surface area contributed by atoms with E-state index in [0.717, 1.165) is 38.3 Å². The molecular formula is C15H23N3O. The predicted molar refractivity (Wildman–Crippen MR) is 75.3 cm³/mol. The van der Waals surface area contributed by atoms with Crippen LogP contribution in [0.2, 0.25) is 0 Å². The lowest BCUT2D eigenvalue weighted by atomic mass is 10.00. The molecule has 19 heavy (non-hydrogen) atoms. The van der Waals surface area contributed by atoms with Crippen LogP contribution in [0.5, 0.6) is 0 Å². The minimum atomic E-state index is 0.421. The highest BCUT2D eigenvalue weighted by Crippen LogP contribution is 2.26. The standard InChI is InChI=1S/C15H23N3O/c1-11(12-7-8-19-9-12)18-15-13-5-3-2-4-6-14(13)16-10-17-15/h10-12H,2-9H2,1H3,(H,16,17,18). The van der Waals surface area contributed by atoms with Crippen molar-refractivity contribution in [1.29, 1.82) is 0 Å². The minimum absolute atomic E-state index is 0.421. The highest BCUT2D eigenvalue weighted by Gasteiger charge is 2.24. The maximum absolute atomic E-state index is 5.48. The fourth-order valence-corrected chi connectivity index (χ4v) is 3.10. The van der Waals surface area contributed by atoms with Crippen LogP contribution in [-0.2, 0) is 17.6 Å². The molecule has 4 nitrogen and oxygen atoms in total. The molecule has 0 aromatic carbocycles. The quantitative estimate of drug-likeness (QED) is 0.850. The van der Waals surface area contributed by atoms with Crippen LogP contribution >= 0.6 is 0 Å². The van der Waals surface area contributed by atoms with Crippen LogP contribution in [0.3, 0.4) is 0 Å². The Bertz CT molecular complexity index is 429. The molecule has 2 unspecified atom stereocenters. The lowest BCUT2D eigenvalue weighted by molar-refractivity contribution is 0.183. The van der Waals surface area contributed by atoms with Gasteiger partial charge in [0.05, 0.1) is 6.61 Å². The average Bonchev–Trinajstić information content (AvgIpc) is 2.84. The maximum atomic E-state index is 5.48. The first kappa shape index (κ1) is 12.9. The molecule has 2 atom stereocenters. The van der Waals surface area contributed by atoms with Crippen molar-refractivity contribution in [3.63, 3.8) is 0 Å². The molecule has 4 heteroatoms. The smallest absolute Gasteiger partial charge is 0.133 e. The first-order chi connectivity index (χ1) is 9.34. The fraction of sp³-hybridized carbons (Fsp3) is 0.733. The van der Waals surface area contributed by atoms with Gasteiger partial charge in [0.1, 0.15) is 12.1 Å². The van der Waals surface area contributed by atoms with Crippen molar-refractivity contribution >= 4 is 5.82 Å². The highest BCUT2D eigenvalue weighted by molar-refractivity contribution is 5.47.